The van der Waals surface area contributed by atoms with E-state index in [1.807, 2.05) is 0 Å². The van der Waals surface area contributed by atoms with Crippen LogP contribution in [0, 0.1) is 13.8 Å². The molecule has 1 saturated heterocycles. The second kappa shape index (κ2) is 7.36. The minimum absolute atomic E-state index is 0.372. The van der Waals surface area contributed by atoms with Crippen molar-refractivity contribution >= 4 is 11.3 Å². The van der Waals surface area contributed by atoms with Gasteiger partial charge < -0.3 is 10.2 Å². The molecular formula is C15H27N3S. The molecule has 1 unspecified atom stereocenters. The lowest BCUT2D eigenvalue weighted by atomic mass is 10.2. The summed E-state index contributed by atoms with van der Waals surface area (Å²) in [4.78, 5) is 8.59. The average Bonchev–Trinajstić information content (AvgIpc) is 2.58. The summed E-state index contributed by atoms with van der Waals surface area (Å²) in [5.41, 5.74) is 1.23. The summed E-state index contributed by atoms with van der Waals surface area (Å²) in [5, 5.41) is 4.80. The highest BCUT2D eigenvalue weighted by molar-refractivity contribution is 7.11. The molecule has 1 aromatic rings. The number of hydrogen-bond acceptors (Lipinski definition) is 4. The molecule has 0 bridgehead atoms. The SMILES string of the molecule is Cc1nc(C(C)NCCN2CCCCCC2)c(C)s1. The van der Waals surface area contributed by atoms with Crippen LogP contribution in [0.2, 0.25) is 0 Å². The average molecular weight is 281 g/mol. The second-order valence-electron chi connectivity index (χ2n) is 5.61. The standard InChI is InChI=1S/C15H27N3S/c1-12(15-13(2)19-14(3)17-15)16-8-11-18-9-6-4-5-7-10-18/h12,16H,4-11H2,1-3H3. The van der Waals surface area contributed by atoms with Gasteiger partial charge in [0.25, 0.3) is 0 Å². The fourth-order valence-corrected chi connectivity index (χ4v) is 3.76. The van der Waals surface area contributed by atoms with Gasteiger partial charge in [-0.25, -0.2) is 4.98 Å². The first-order valence-electron chi connectivity index (χ1n) is 7.56. The van der Waals surface area contributed by atoms with Crippen LogP contribution in [0.15, 0.2) is 0 Å². The van der Waals surface area contributed by atoms with Gasteiger partial charge in [0.2, 0.25) is 0 Å². The summed E-state index contributed by atoms with van der Waals surface area (Å²) in [6.45, 7) is 11.3. The summed E-state index contributed by atoms with van der Waals surface area (Å²) >= 11 is 1.80. The molecule has 19 heavy (non-hydrogen) atoms. The third-order valence-corrected chi connectivity index (χ3v) is 4.83. The fraction of sp³-hybridized carbons (Fsp3) is 0.800. The van der Waals surface area contributed by atoms with E-state index in [2.05, 4.69) is 36.0 Å². The molecule has 0 radical (unpaired) electrons. The molecule has 2 rings (SSSR count). The maximum Gasteiger partial charge on any atom is 0.0900 e. The molecule has 1 aliphatic heterocycles. The Bertz CT molecular complexity index is 381. The maximum absolute atomic E-state index is 4.63. The number of thiazole rings is 1. The molecule has 1 atom stereocenters. The molecular weight excluding hydrogens is 254 g/mol. The van der Waals surface area contributed by atoms with Crippen molar-refractivity contribution in [3.05, 3.63) is 15.6 Å². The number of aryl methyl sites for hydroxylation is 2. The summed E-state index contributed by atoms with van der Waals surface area (Å²) < 4.78 is 0. The third-order valence-electron chi connectivity index (χ3n) is 3.93. The van der Waals surface area contributed by atoms with Crippen molar-refractivity contribution in [3.8, 4) is 0 Å². The van der Waals surface area contributed by atoms with Crippen molar-refractivity contribution in [2.24, 2.45) is 0 Å². The fourth-order valence-electron chi connectivity index (χ4n) is 2.84. The van der Waals surface area contributed by atoms with Crippen LogP contribution in [0.4, 0.5) is 0 Å². The minimum Gasteiger partial charge on any atom is -0.308 e. The molecule has 108 valence electrons. The molecule has 3 nitrogen and oxygen atoms in total. The number of nitrogens with zero attached hydrogens (tertiary/aromatic N) is 2. The van der Waals surface area contributed by atoms with E-state index in [0.717, 1.165) is 6.54 Å². The topological polar surface area (TPSA) is 28.2 Å². The van der Waals surface area contributed by atoms with Crippen molar-refractivity contribution in [2.75, 3.05) is 26.2 Å². The van der Waals surface area contributed by atoms with Crippen LogP contribution in [0.25, 0.3) is 0 Å². The lowest BCUT2D eigenvalue weighted by Crippen LogP contribution is -2.34. The molecule has 0 saturated carbocycles. The molecule has 0 amide bonds. The van der Waals surface area contributed by atoms with Gasteiger partial charge in [-0.15, -0.1) is 11.3 Å². The van der Waals surface area contributed by atoms with Crippen LogP contribution in [-0.2, 0) is 0 Å². The Morgan fingerprint density at radius 1 is 1.21 bits per heavy atom. The smallest absolute Gasteiger partial charge is 0.0900 e. The van der Waals surface area contributed by atoms with Gasteiger partial charge in [0.05, 0.1) is 10.7 Å². The highest BCUT2D eigenvalue weighted by atomic mass is 32.1. The van der Waals surface area contributed by atoms with E-state index in [9.17, 15) is 0 Å². The molecule has 0 spiro atoms. The summed E-state index contributed by atoms with van der Waals surface area (Å²) in [5.74, 6) is 0. The van der Waals surface area contributed by atoms with Crippen LogP contribution in [0.3, 0.4) is 0 Å². The van der Waals surface area contributed by atoms with Crippen molar-refractivity contribution in [1.82, 2.24) is 15.2 Å². The third kappa shape index (κ3) is 4.55. The zero-order valence-electron chi connectivity index (χ0n) is 12.5. The van der Waals surface area contributed by atoms with Crippen molar-refractivity contribution < 1.29 is 0 Å². The lowest BCUT2D eigenvalue weighted by molar-refractivity contribution is 0.280. The second-order valence-corrected chi connectivity index (χ2v) is 7.01. The van der Waals surface area contributed by atoms with Crippen LogP contribution in [0.5, 0.6) is 0 Å². The van der Waals surface area contributed by atoms with E-state index in [1.165, 1.54) is 60.9 Å². The molecule has 1 N–H and O–H groups in total. The Kier molecular flexibility index (Phi) is 5.79. The summed E-state index contributed by atoms with van der Waals surface area (Å²) in [7, 11) is 0. The Hall–Kier alpha value is -0.450. The summed E-state index contributed by atoms with van der Waals surface area (Å²) in [6, 6.07) is 0.372. The van der Waals surface area contributed by atoms with Gasteiger partial charge >= 0.3 is 0 Å². The highest BCUT2D eigenvalue weighted by Crippen LogP contribution is 2.22. The molecule has 4 heteroatoms. The number of likely N-dealkylation sites (tertiary alicyclic amines) is 1. The summed E-state index contributed by atoms with van der Waals surface area (Å²) in [6.07, 6.45) is 5.58. The lowest BCUT2D eigenvalue weighted by Gasteiger charge is -2.21. The molecule has 0 aliphatic carbocycles. The van der Waals surface area contributed by atoms with Gasteiger partial charge in [0.1, 0.15) is 0 Å². The zero-order valence-corrected chi connectivity index (χ0v) is 13.4. The van der Waals surface area contributed by atoms with Crippen molar-refractivity contribution in [3.63, 3.8) is 0 Å². The van der Waals surface area contributed by atoms with Gasteiger partial charge in [-0.2, -0.15) is 0 Å². The maximum atomic E-state index is 4.63. The van der Waals surface area contributed by atoms with E-state index in [4.69, 9.17) is 0 Å². The normalized spacial score (nSPS) is 19.3. The molecule has 1 fully saturated rings. The number of nitrogens with one attached hydrogen (secondary N) is 1. The van der Waals surface area contributed by atoms with Crippen LogP contribution >= 0.6 is 11.3 Å². The van der Waals surface area contributed by atoms with E-state index < -0.39 is 0 Å². The largest absolute Gasteiger partial charge is 0.308 e. The van der Waals surface area contributed by atoms with Gasteiger partial charge in [-0.05, 0) is 46.7 Å². The van der Waals surface area contributed by atoms with Crippen LogP contribution in [0.1, 0.15) is 54.2 Å². The first-order chi connectivity index (χ1) is 9.16. The minimum atomic E-state index is 0.372. The first kappa shape index (κ1) is 14.9. The van der Waals surface area contributed by atoms with Crippen LogP contribution in [-0.4, -0.2) is 36.1 Å². The number of aromatic nitrogens is 1. The van der Waals surface area contributed by atoms with Crippen LogP contribution < -0.4 is 5.32 Å². The Morgan fingerprint density at radius 3 is 2.47 bits per heavy atom. The highest BCUT2D eigenvalue weighted by Gasteiger charge is 2.13. The quantitative estimate of drug-likeness (QED) is 0.897. The predicted molar refractivity (Wildman–Crippen MR) is 82.9 cm³/mol. The monoisotopic (exact) mass is 281 g/mol. The molecule has 1 aliphatic rings. The molecule has 2 heterocycles. The number of rotatable bonds is 5. The molecule has 0 aromatic carbocycles. The van der Waals surface area contributed by atoms with Gasteiger partial charge in [0, 0.05) is 24.0 Å². The molecule has 1 aromatic heterocycles. The Labute approximate surface area is 121 Å². The Balaban J connectivity index is 1.74. The number of hydrogen-bond donors (Lipinski definition) is 1. The zero-order chi connectivity index (χ0) is 13.7. The van der Waals surface area contributed by atoms with Gasteiger partial charge in [0.15, 0.2) is 0 Å². The van der Waals surface area contributed by atoms with E-state index in [-0.39, 0.29) is 0 Å². The van der Waals surface area contributed by atoms with Gasteiger partial charge in [-0.1, -0.05) is 12.8 Å². The predicted octanol–water partition coefficient (Wildman–Crippen LogP) is 3.29. The van der Waals surface area contributed by atoms with E-state index >= 15 is 0 Å². The van der Waals surface area contributed by atoms with Crippen molar-refractivity contribution in [2.45, 2.75) is 52.5 Å². The van der Waals surface area contributed by atoms with Gasteiger partial charge in [-0.3, -0.25) is 0 Å². The van der Waals surface area contributed by atoms with E-state index in [0.29, 0.717) is 6.04 Å². The Morgan fingerprint density at radius 2 is 1.89 bits per heavy atom. The van der Waals surface area contributed by atoms with Crippen molar-refractivity contribution in [1.29, 1.82) is 0 Å². The first-order valence-corrected chi connectivity index (χ1v) is 8.38. The van der Waals surface area contributed by atoms with E-state index in [1.54, 1.807) is 11.3 Å².